The molecule has 3 heterocycles. The van der Waals surface area contributed by atoms with Crippen molar-refractivity contribution in [2.24, 2.45) is 7.05 Å². The van der Waals surface area contributed by atoms with E-state index in [9.17, 15) is 5.11 Å². The Morgan fingerprint density at radius 2 is 2.04 bits per heavy atom. The topological polar surface area (TPSA) is 70.3 Å². The number of hydrogen-bond donors (Lipinski definition) is 1. The molecule has 8 heteroatoms. The summed E-state index contributed by atoms with van der Waals surface area (Å²) >= 11 is 6.04. The van der Waals surface area contributed by atoms with Crippen molar-refractivity contribution in [1.82, 2.24) is 24.4 Å². The van der Waals surface area contributed by atoms with Crippen molar-refractivity contribution >= 4 is 28.7 Å². The number of aromatic nitrogens is 4. The largest absolute Gasteiger partial charge is 0.507 e. The SMILES string of the molecule is Cc1cc(Cl)cc(O)c1-c1nc2nc(N(C)[C@@H]3CCN(C)C3)cnc2n1C. The van der Waals surface area contributed by atoms with Crippen LogP contribution in [-0.4, -0.2) is 62.8 Å². The second kappa shape index (κ2) is 6.65. The lowest BCUT2D eigenvalue weighted by Gasteiger charge is -2.24. The first-order valence-electron chi connectivity index (χ1n) is 8.95. The minimum Gasteiger partial charge on any atom is -0.507 e. The van der Waals surface area contributed by atoms with Gasteiger partial charge in [-0.3, -0.25) is 0 Å². The van der Waals surface area contributed by atoms with E-state index in [0.717, 1.165) is 30.9 Å². The highest BCUT2D eigenvalue weighted by atomic mass is 35.5. The maximum atomic E-state index is 10.4. The van der Waals surface area contributed by atoms with Gasteiger partial charge in [0.1, 0.15) is 17.4 Å². The number of rotatable bonds is 3. The monoisotopic (exact) mass is 386 g/mol. The van der Waals surface area contributed by atoms with Crippen LogP contribution in [0, 0.1) is 6.92 Å². The Hall–Kier alpha value is -2.38. The average Bonchev–Trinajstić information content (AvgIpc) is 3.17. The van der Waals surface area contributed by atoms with Crippen LogP contribution in [0.15, 0.2) is 18.3 Å². The van der Waals surface area contributed by atoms with Crippen LogP contribution in [0.5, 0.6) is 5.75 Å². The van der Waals surface area contributed by atoms with Crippen LogP contribution in [-0.2, 0) is 7.05 Å². The second-order valence-electron chi connectivity index (χ2n) is 7.30. The Morgan fingerprint density at radius 1 is 1.26 bits per heavy atom. The molecular formula is C19H23ClN6O. The highest BCUT2D eigenvalue weighted by Crippen LogP contribution is 2.35. The molecule has 0 bridgehead atoms. The van der Waals surface area contributed by atoms with E-state index in [1.807, 2.05) is 24.6 Å². The van der Waals surface area contributed by atoms with Crippen molar-refractivity contribution in [3.8, 4) is 17.1 Å². The molecule has 1 atom stereocenters. The first kappa shape index (κ1) is 18.0. The Balaban J connectivity index is 1.76. The molecule has 0 amide bonds. The van der Waals surface area contributed by atoms with Crippen LogP contribution < -0.4 is 4.90 Å². The second-order valence-corrected chi connectivity index (χ2v) is 7.74. The molecule has 27 heavy (non-hydrogen) atoms. The first-order chi connectivity index (χ1) is 12.8. The lowest BCUT2D eigenvalue weighted by molar-refractivity contribution is 0.409. The van der Waals surface area contributed by atoms with Gasteiger partial charge in [-0.05, 0) is 44.6 Å². The van der Waals surface area contributed by atoms with Crippen LogP contribution in [0.1, 0.15) is 12.0 Å². The van der Waals surface area contributed by atoms with Crippen LogP contribution >= 0.6 is 11.6 Å². The number of imidazole rings is 1. The van der Waals surface area contributed by atoms with E-state index < -0.39 is 0 Å². The van der Waals surface area contributed by atoms with E-state index in [2.05, 4.69) is 33.9 Å². The normalized spacial score (nSPS) is 17.7. The number of anilines is 1. The van der Waals surface area contributed by atoms with Crippen molar-refractivity contribution in [3.05, 3.63) is 28.9 Å². The van der Waals surface area contributed by atoms with Gasteiger partial charge in [0, 0.05) is 31.7 Å². The zero-order chi connectivity index (χ0) is 19.3. The first-order valence-corrected chi connectivity index (χ1v) is 9.33. The van der Waals surface area contributed by atoms with Crippen LogP contribution in [0.3, 0.4) is 0 Å². The van der Waals surface area contributed by atoms with Crippen molar-refractivity contribution in [1.29, 1.82) is 0 Å². The number of fused-ring (bicyclic) bond motifs is 1. The highest BCUT2D eigenvalue weighted by Gasteiger charge is 2.25. The molecule has 0 radical (unpaired) electrons. The lowest BCUT2D eigenvalue weighted by Crippen LogP contribution is -2.34. The molecule has 142 valence electrons. The molecule has 3 aromatic rings. The number of benzene rings is 1. The van der Waals surface area contributed by atoms with Gasteiger partial charge in [0.05, 0.1) is 11.8 Å². The number of hydrogen-bond acceptors (Lipinski definition) is 6. The molecule has 0 aliphatic carbocycles. The number of aryl methyl sites for hydroxylation is 2. The molecular weight excluding hydrogens is 364 g/mol. The van der Waals surface area contributed by atoms with Gasteiger partial charge in [0.15, 0.2) is 11.3 Å². The number of nitrogens with zero attached hydrogens (tertiary/aromatic N) is 6. The molecule has 1 aromatic carbocycles. The third kappa shape index (κ3) is 3.11. The fourth-order valence-electron chi connectivity index (χ4n) is 3.78. The predicted molar refractivity (Wildman–Crippen MR) is 107 cm³/mol. The zero-order valence-electron chi connectivity index (χ0n) is 15.9. The molecule has 7 nitrogen and oxygen atoms in total. The van der Waals surface area contributed by atoms with Crippen molar-refractivity contribution in [3.63, 3.8) is 0 Å². The summed E-state index contributed by atoms with van der Waals surface area (Å²) in [6, 6.07) is 3.76. The quantitative estimate of drug-likeness (QED) is 0.746. The fourth-order valence-corrected chi connectivity index (χ4v) is 4.04. The summed E-state index contributed by atoms with van der Waals surface area (Å²) in [6.45, 7) is 4.01. The predicted octanol–water partition coefficient (Wildman–Crippen LogP) is 2.84. The maximum absolute atomic E-state index is 10.4. The highest BCUT2D eigenvalue weighted by molar-refractivity contribution is 6.31. The van der Waals surface area contributed by atoms with Crippen molar-refractivity contribution < 1.29 is 5.11 Å². The van der Waals surface area contributed by atoms with Gasteiger partial charge < -0.3 is 19.5 Å². The van der Waals surface area contributed by atoms with Gasteiger partial charge >= 0.3 is 0 Å². The summed E-state index contributed by atoms with van der Waals surface area (Å²) in [5.74, 6) is 1.53. The number of aromatic hydroxyl groups is 1. The van der Waals surface area contributed by atoms with Gasteiger partial charge in [0.25, 0.3) is 0 Å². The van der Waals surface area contributed by atoms with Crippen LogP contribution in [0.25, 0.3) is 22.7 Å². The molecule has 1 aliphatic heterocycles. The van der Waals surface area contributed by atoms with E-state index in [1.54, 1.807) is 6.20 Å². The molecule has 1 N–H and O–H groups in total. The standard InChI is InChI=1S/C19H23ClN6O/c1-11-7-12(20)8-14(27)16(11)18-23-17-19(26(18)4)21-9-15(22-17)25(3)13-5-6-24(2)10-13/h7-9,13,27H,5-6,10H2,1-4H3/t13-/m1/s1. The van der Waals surface area contributed by atoms with E-state index in [1.165, 1.54) is 6.07 Å². The molecule has 0 unspecified atom stereocenters. The van der Waals surface area contributed by atoms with Gasteiger partial charge in [-0.2, -0.15) is 0 Å². The van der Waals surface area contributed by atoms with Gasteiger partial charge in [0.2, 0.25) is 0 Å². The summed E-state index contributed by atoms with van der Waals surface area (Å²) < 4.78 is 1.85. The number of halogens is 1. The number of likely N-dealkylation sites (N-methyl/N-ethyl adjacent to an activating group) is 2. The molecule has 1 fully saturated rings. The fraction of sp³-hybridized carbons (Fsp3) is 0.421. The minimum absolute atomic E-state index is 0.102. The van der Waals surface area contributed by atoms with Crippen LogP contribution in [0.2, 0.25) is 5.02 Å². The third-order valence-corrected chi connectivity index (χ3v) is 5.57. The smallest absolute Gasteiger partial charge is 0.200 e. The number of phenolic OH excluding ortho intramolecular Hbond substituents is 1. The number of likely N-dealkylation sites (tertiary alicyclic amines) is 1. The summed E-state index contributed by atoms with van der Waals surface area (Å²) in [6.07, 6.45) is 2.90. The zero-order valence-corrected chi connectivity index (χ0v) is 16.7. The summed E-state index contributed by atoms with van der Waals surface area (Å²) in [4.78, 5) is 18.5. The molecule has 0 spiro atoms. The number of phenols is 1. The molecule has 2 aromatic heterocycles. The van der Waals surface area contributed by atoms with E-state index >= 15 is 0 Å². The van der Waals surface area contributed by atoms with Crippen LogP contribution in [0.4, 0.5) is 5.82 Å². The molecule has 0 saturated carbocycles. The Bertz CT molecular complexity index is 994. The summed E-state index contributed by atoms with van der Waals surface area (Å²) in [5, 5.41) is 10.9. The van der Waals surface area contributed by atoms with E-state index in [-0.39, 0.29) is 5.75 Å². The van der Waals surface area contributed by atoms with E-state index in [0.29, 0.717) is 33.7 Å². The lowest BCUT2D eigenvalue weighted by atomic mass is 10.1. The van der Waals surface area contributed by atoms with Gasteiger partial charge in [-0.15, -0.1) is 0 Å². The molecule has 4 rings (SSSR count). The average molecular weight is 387 g/mol. The van der Waals surface area contributed by atoms with Gasteiger partial charge in [-0.25, -0.2) is 15.0 Å². The minimum atomic E-state index is 0.102. The molecule has 1 aliphatic rings. The maximum Gasteiger partial charge on any atom is 0.200 e. The Morgan fingerprint density at radius 3 is 2.70 bits per heavy atom. The summed E-state index contributed by atoms with van der Waals surface area (Å²) in [7, 11) is 6.06. The van der Waals surface area contributed by atoms with Crippen molar-refractivity contribution in [2.75, 3.05) is 32.1 Å². The van der Waals surface area contributed by atoms with E-state index in [4.69, 9.17) is 16.6 Å². The third-order valence-electron chi connectivity index (χ3n) is 5.35. The molecule has 1 saturated heterocycles. The summed E-state index contributed by atoms with van der Waals surface area (Å²) in [5.41, 5.74) is 2.75. The Kier molecular flexibility index (Phi) is 4.44. The van der Waals surface area contributed by atoms with Gasteiger partial charge in [-0.1, -0.05) is 11.6 Å². The van der Waals surface area contributed by atoms with Crippen molar-refractivity contribution in [2.45, 2.75) is 19.4 Å². The Labute approximate surface area is 163 Å².